The summed E-state index contributed by atoms with van der Waals surface area (Å²) >= 11 is 5.31. The average molecular weight is 203 g/mol. The summed E-state index contributed by atoms with van der Waals surface area (Å²) in [6.45, 7) is 2.27. The Morgan fingerprint density at radius 3 is 2.23 bits per heavy atom. The Kier molecular flexibility index (Phi) is 4.79. The van der Waals surface area contributed by atoms with Crippen molar-refractivity contribution >= 4 is 16.8 Å². The molecular formula is C11H19ClO. The van der Waals surface area contributed by atoms with Crippen molar-refractivity contribution in [3.05, 3.63) is 0 Å². The van der Waals surface area contributed by atoms with Crippen LogP contribution >= 0.6 is 11.6 Å². The van der Waals surface area contributed by atoms with Gasteiger partial charge >= 0.3 is 0 Å². The minimum Gasteiger partial charge on any atom is -0.281 e. The molecule has 0 aromatic carbocycles. The van der Waals surface area contributed by atoms with E-state index in [0.29, 0.717) is 6.42 Å². The van der Waals surface area contributed by atoms with Crippen LogP contribution in [0.1, 0.15) is 51.9 Å². The smallest absolute Gasteiger partial charge is 0.221 e. The Labute approximate surface area is 85.8 Å². The lowest BCUT2D eigenvalue weighted by Gasteiger charge is -2.27. The normalized spacial score (nSPS) is 28.8. The fourth-order valence-corrected chi connectivity index (χ4v) is 2.36. The van der Waals surface area contributed by atoms with Gasteiger partial charge in [-0.3, -0.25) is 4.79 Å². The number of rotatable bonds is 4. The Balaban J connectivity index is 2.14. The topological polar surface area (TPSA) is 17.1 Å². The van der Waals surface area contributed by atoms with Crippen molar-refractivity contribution in [2.24, 2.45) is 11.8 Å². The van der Waals surface area contributed by atoms with Crippen LogP contribution in [0.3, 0.4) is 0 Å². The van der Waals surface area contributed by atoms with Gasteiger partial charge in [0.2, 0.25) is 5.24 Å². The molecule has 13 heavy (non-hydrogen) atoms. The fraction of sp³-hybridized carbons (Fsp3) is 0.909. The molecule has 0 unspecified atom stereocenters. The molecule has 0 saturated heterocycles. The molecule has 0 N–H and O–H groups in total. The highest BCUT2D eigenvalue weighted by Crippen LogP contribution is 2.32. The minimum absolute atomic E-state index is 0.169. The largest absolute Gasteiger partial charge is 0.281 e. The van der Waals surface area contributed by atoms with Crippen molar-refractivity contribution in [1.29, 1.82) is 0 Å². The van der Waals surface area contributed by atoms with E-state index in [4.69, 9.17) is 11.6 Å². The van der Waals surface area contributed by atoms with Crippen LogP contribution in [0.5, 0.6) is 0 Å². The van der Waals surface area contributed by atoms with Crippen LogP contribution in [0, 0.1) is 11.8 Å². The Morgan fingerprint density at radius 2 is 1.77 bits per heavy atom. The lowest BCUT2D eigenvalue weighted by molar-refractivity contribution is -0.112. The van der Waals surface area contributed by atoms with Gasteiger partial charge in [0.15, 0.2) is 0 Å². The molecule has 1 aliphatic rings. The van der Waals surface area contributed by atoms with E-state index in [1.165, 1.54) is 32.1 Å². The molecule has 0 aliphatic heterocycles. The van der Waals surface area contributed by atoms with E-state index < -0.39 is 0 Å². The van der Waals surface area contributed by atoms with Gasteiger partial charge in [0.1, 0.15) is 0 Å². The Hall–Kier alpha value is -0.0400. The third-order valence-electron chi connectivity index (χ3n) is 3.29. The molecule has 0 aromatic heterocycles. The summed E-state index contributed by atoms with van der Waals surface area (Å²) in [6, 6.07) is 0. The summed E-state index contributed by atoms with van der Waals surface area (Å²) in [5.74, 6) is 1.72. The third kappa shape index (κ3) is 4.12. The SMILES string of the molecule is CCC1CCC(CCC(=O)Cl)CC1. The standard InChI is InChI=1S/C11H19ClO/c1-2-9-3-5-10(6-4-9)7-8-11(12)13/h9-10H,2-8H2,1H3. The molecule has 2 heteroatoms. The Bertz CT molecular complexity index is 159. The molecule has 0 bridgehead atoms. The van der Waals surface area contributed by atoms with Gasteiger partial charge in [-0.2, -0.15) is 0 Å². The zero-order valence-electron chi connectivity index (χ0n) is 8.39. The first-order chi connectivity index (χ1) is 6.22. The molecule has 1 aliphatic carbocycles. The highest BCUT2D eigenvalue weighted by molar-refractivity contribution is 6.63. The second-order valence-corrected chi connectivity index (χ2v) is 4.61. The molecule has 1 fully saturated rings. The summed E-state index contributed by atoms with van der Waals surface area (Å²) in [5, 5.41) is -0.169. The molecule has 0 amide bonds. The van der Waals surface area contributed by atoms with Crippen molar-refractivity contribution in [3.8, 4) is 0 Å². The van der Waals surface area contributed by atoms with Crippen LogP contribution in [0.2, 0.25) is 0 Å². The molecular weight excluding hydrogens is 184 g/mol. The van der Waals surface area contributed by atoms with Gasteiger partial charge in [0, 0.05) is 6.42 Å². The summed E-state index contributed by atoms with van der Waals surface area (Å²) in [4.78, 5) is 10.6. The highest BCUT2D eigenvalue weighted by atomic mass is 35.5. The molecule has 0 radical (unpaired) electrons. The van der Waals surface area contributed by atoms with Crippen molar-refractivity contribution < 1.29 is 4.79 Å². The van der Waals surface area contributed by atoms with Gasteiger partial charge in [0.05, 0.1) is 0 Å². The van der Waals surface area contributed by atoms with Crippen molar-refractivity contribution in [1.82, 2.24) is 0 Å². The average Bonchev–Trinajstić information content (AvgIpc) is 2.15. The van der Waals surface area contributed by atoms with Gasteiger partial charge in [-0.1, -0.05) is 39.0 Å². The lowest BCUT2D eigenvalue weighted by Crippen LogP contribution is -2.14. The molecule has 1 nitrogen and oxygen atoms in total. The van der Waals surface area contributed by atoms with Crippen LogP contribution in [-0.2, 0) is 4.79 Å². The van der Waals surface area contributed by atoms with Crippen LogP contribution in [0.25, 0.3) is 0 Å². The van der Waals surface area contributed by atoms with E-state index in [1.54, 1.807) is 0 Å². The number of hydrogen-bond donors (Lipinski definition) is 0. The zero-order chi connectivity index (χ0) is 9.68. The molecule has 0 atom stereocenters. The number of carbonyl (C=O) groups excluding carboxylic acids is 1. The lowest BCUT2D eigenvalue weighted by atomic mass is 9.79. The van der Waals surface area contributed by atoms with E-state index in [-0.39, 0.29) is 5.24 Å². The quantitative estimate of drug-likeness (QED) is 0.635. The summed E-state index contributed by atoms with van der Waals surface area (Å²) in [6.07, 6.45) is 8.24. The minimum atomic E-state index is -0.169. The fourth-order valence-electron chi connectivity index (χ4n) is 2.25. The molecule has 0 aromatic rings. The maximum atomic E-state index is 10.6. The molecule has 1 saturated carbocycles. The van der Waals surface area contributed by atoms with E-state index in [9.17, 15) is 4.79 Å². The predicted octanol–water partition coefficient (Wildman–Crippen LogP) is 3.75. The van der Waals surface area contributed by atoms with Crippen molar-refractivity contribution in [2.45, 2.75) is 51.9 Å². The van der Waals surface area contributed by atoms with E-state index in [1.807, 2.05) is 0 Å². The molecule has 1 rings (SSSR count). The van der Waals surface area contributed by atoms with Gasteiger partial charge in [-0.05, 0) is 29.9 Å². The maximum absolute atomic E-state index is 10.6. The zero-order valence-corrected chi connectivity index (χ0v) is 9.15. The first-order valence-electron chi connectivity index (χ1n) is 5.40. The van der Waals surface area contributed by atoms with Gasteiger partial charge in [-0.25, -0.2) is 0 Å². The summed E-state index contributed by atoms with van der Waals surface area (Å²) in [5.41, 5.74) is 0. The first-order valence-corrected chi connectivity index (χ1v) is 5.78. The number of halogens is 1. The monoisotopic (exact) mass is 202 g/mol. The predicted molar refractivity (Wildman–Crippen MR) is 55.8 cm³/mol. The Morgan fingerprint density at radius 1 is 1.23 bits per heavy atom. The second-order valence-electron chi connectivity index (χ2n) is 4.19. The van der Waals surface area contributed by atoms with Crippen LogP contribution in [-0.4, -0.2) is 5.24 Å². The van der Waals surface area contributed by atoms with Crippen LogP contribution in [0.4, 0.5) is 0 Å². The molecule has 76 valence electrons. The van der Waals surface area contributed by atoms with E-state index >= 15 is 0 Å². The number of hydrogen-bond acceptors (Lipinski definition) is 1. The summed E-state index contributed by atoms with van der Waals surface area (Å²) < 4.78 is 0. The van der Waals surface area contributed by atoms with E-state index in [2.05, 4.69) is 6.92 Å². The highest BCUT2D eigenvalue weighted by Gasteiger charge is 2.19. The van der Waals surface area contributed by atoms with Crippen LogP contribution in [0.15, 0.2) is 0 Å². The van der Waals surface area contributed by atoms with Gasteiger partial charge < -0.3 is 0 Å². The number of carbonyl (C=O) groups is 1. The molecule has 0 heterocycles. The van der Waals surface area contributed by atoms with Gasteiger partial charge in [0.25, 0.3) is 0 Å². The van der Waals surface area contributed by atoms with Crippen molar-refractivity contribution in [3.63, 3.8) is 0 Å². The second kappa shape index (κ2) is 5.64. The third-order valence-corrected chi connectivity index (χ3v) is 3.48. The molecule has 0 spiro atoms. The van der Waals surface area contributed by atoms with Crippen molar-refractivity contribution in [2.75, 3.05) is 0 Å². The van der Waals surface area contributed by atoms with Gasteiger partial charge in [-0.15, -0.1) is 0 Å². The maximum Gasteiger partial charge on any atom is 0.221 e. The first kappa shape index (κ1) is 11.0. The summed E-state index contributed by atoms with van der Waals surface area (Å²) in [7, 11) is 0. The van der Waals surface area contributed by atoms with Crippen LogP contribution < -0.4 is 0 Å². The van der Waals surface area contributed by atoms with E-state index in [0.717, 1.165) is 18.3 Å².